The lowest BCUT2D eigenvalue weighted by Gasteiger charge is -2.08. The number of hydrogen-bond acceptors (Lipinski definition) is 5. The molecule has 2 rings (SSSR count). The van der Waals surface area contributed by atoms with Gasteiger partial charge in [-0.3, -0.25) is 0 Å². The van der Waals surface area contributed by atoms with E-state index >= 15 is 0 Å². The van der Waals surface area contributed by atoms with Crippen LogP contribution in [0.1, 0.15) is 20.8 Å². The zero-order chi connectivity index (χ0) is 17.5. The molecule has 0 aliphatic heterocycles. The number of ether oxygens (including phenoxy) is 2. The van der Waals surface area contributed by atoms with Crippen LogP contribution in [0.15, 0.2) is 54.5 Å². The molecule has 0 spiro atoms. The van der Waals surface area contributed by atoms with Gasteiger partial charge in [0.25, 0.3) is 0 Å². The number of rotatable bonds is 7. The Morgan fingerprint density at radius 1 is 1.29 bits per heavy atom. The number of aromatic nitrogens is 3. The molecule has 0 aromatic carbocycles. The largest absolute Gasteiger partial charge is 0.498 e. The fourth-order valence-electron chi connectivity index (χ4n) is 2.10. The van der Waals surface area contributed by atoms with Gasteiger partial charge in [0.05, 0.1) is 25.0 Å². The van der Waals surface area contributed by atoms with Crippen molar-refractivity contribution >= 4 is 16.9 Å². The fraction of sp³-hybridized carbons (Fsp3) is 0.333. The highest BCUT2D eigenvalue weighted by atomic mass is 16.5. The van der Waals surface area contributed by atoms with E-state index < -0.39 is 0 Å². The fourth-order valence-corrected chi connectivity index (χ4v) is 2.10. The van der Waals surface area contributed by atoms with Crippen LogP contribution < -0.4 is 5.32 Å². The van der Waals surface area contributed by atoms with Gasteiger partial charge in [-0.15, -0.1) is 0 Å². The third-order valence-electron chi connectivity index (χ3n) is 3.29. The second kappa shape index (κ2) is 8.19. The number of fused-ring (bicyclic) bond motifs is 1. The zero-order valence-electron chi connectivity index (χ0n) is 14.8. The first kappa shape index (κ1) is 17.6. The first-order chi connectivity index (χ1) is 11.5. The maximum absolute atomic E-state index is 5.37. The lowest BCUT2D eigenvalue weighted by molar-refractivity contribution is 0.177. The molecule has 2 aromatic rings. The standard InChI is InChI=1S/C18H24N4O2/c1-13(2)24-11-9-15(23-5)7-6-14(3)21-18-17-16(19-12-20-18)8-10-22(17)4/h6-13H,1-5H3,(H,19,20,21)/b11-9+,14-6+,15-7+. The quantitative estimate of drug-likeness (QED) is 0.619. The van der Waals surface area contributed by atoms with Crippen LogP contribution in [-0.2, 0) is 16.5 Å². The Balaban J connectivity index is 2.13. The topological polar surface area (TPSA) is 61.2 Å². The van der Waals surface area contributed by atoms with Crippen molar-refractivity contribution in [1.82, 2.24) is 14.5 Å². The molecule has 24 heavy (non-hydrogen) atoms. The second-order valence-corrected chi connectivity index (χ2v) is 5.62. The molecule has 0 radical (unpaired) electrons. The molecule has 0 unspecified atom stereocenters. The molecule has 128 valence electrons. The average molecular weight is 328 g/mol. The number of nitrogens with one attached hydrogen (secondary N) is 1. The molecular weight excluding hydrogens is 304 g/mol. The van der Waals surface area contributed by atoms with Gasteiger partial charge in [-0.2, -0.15) is 0 Å². The van der Waals surface area contributed by atoms with Crippen molar-refractivity contribution in [2.75, 3.05) is 12.4 Å². The van der Waals surface area contributed by atoms with Crippen molar-refractivity contribution in [1.29, 1.82) is 0 Å². The lowest BCUT2D eigenvalue weighted by Crippen LogP contribution is -2.01. The van der Waals surface area contributed by atoms with E-state index in [4.69, 9.17) is 9.47 Å². The van der Waals surface area contributed by atoms with Crippen LogP contribution in [0.3, 0.4) is 0 Å². The zero-order valence-corrected chi connectivity index (χ0v) is 14.8. The molecule has 2 heterocycles. The number of aryl methyl sites for hydroxylation is 1. The summed E-state index contributed by atoms with van der Waals surface area (Å²) < 4.78 is 12.7. The summed E-state index contributed by atoms with van der Waals surface area (Å²) in [6.45, 7) is 5.91. The molecule has 0 aliphatic carbocycles. The molecule has 0 bridgehead atoms. The van der Waals surface area contributed by atoms with E-state index in [1.54, 1.807) is 25.8 Å². The highest BCUT2D eigenvalue weighted by molar-refractivity contribution is 5.86. The Hall–Kier alpha value is -2.76. The molecule has 6 heteroatoms. The number of nitrogens with zero attached hydrogens (tertiary/aromatic N) is 3. The van der Waals surface area contributed by atoms with Crippen molar-refractivity contribution in [2.45, 2.75) is 26.9 Å². The van der Waals surface area contributed by atoms with Crippen molar-refractivity contribution in [2.24, 2.45) is 7.05 Å². The summed E-state index contributed by atoms with van der Waals surface area (Å²) in [6.07, 6.45) is 10.9. The average Bonchev–Trinajstić information content (AvgIpc) is 2.93. The van der Waals surface area contributed by atoms with Gasteiger partial charge in [-0.1, -0.05) is 0 Å². The molecule has 6 nitrogen and oxygen atoms in total. The van der Waals surface area contributed by atoms with Gasteiger partial charge in [0.15, 0.2) is 5.82 Å². The first-order valence-electron chi connectivity index (χ1n) is 7.79. The Labute approximate surface area is 142 Å². The normalized spacial score (nSPS) is 13.1. The molecule has 0 atom stereocenters. The summed E-state index contributed by atoms with van der Waals surface area (Å²) in [5.74, 6) is 1.47. The van der Waals surface area contributed by atoms with Crippen LogP contribution in [-0.4, -0.2) is 27.7 Å². The predicted octanol–water partition coefficient (Wildman–Crippen LogP) is 3.75. The van der Waals surface area contributed by atoms with Crippen molar-refractivity contribution in [3.63, 3.8) is 0 Å². The van der Waals surface area contributed by atoms with E-state index in [0.717, 1.165) is 22.5 Å². The van der Waals surface area contributed by atoms with Gasteiger partial charge in [-0.25, -0.2) is 9.97 Å². The molecule has 0 saturated heterocycles. The summed E-state index contributed by atoms with van der Waals surface area (Å²) in [5, 5.41) is 3.30. The maximum atomic E-state index is 5.37. The van der Waals surface area contributed by atoms with Crippen LogP contribution in [0.25, 0.3) is 11.0 Å². The first-order valence-corrected chi connectivity index (χ1v) is 7.79. The molecule has 2 aromatic heterocycles. The Morgan fingerprint density at radius 3 is 2.79 bits per heavy atom. The highest BCUT2D eigenvalue weighted by Crippen LogP contribution is 2.20. The third kappa shape index (κ3) is 4.62. The minimum atomic E-state index is 0.142. The van der Waals surface area contributed by atoms with Crippen molar-refractivity contribution in [3.8, 4) is 0 Å². The van der Waals surface area contributed by atoms with E-state index in [1.165, 1.54) is 0 Å². The predicted molar refractivity (Wildman–Crippen MR) is 96.3 cm³/mol. The van der Waals surface area contributed by atoms with Crippen LogP contribution >= 0.6 is 0 Å². The number of allylic oxidation sites excluding steroid dienone is 4. The summed E-state index contributed by atoms with van der Waals surface area (Å²) in [4.78, 5) is 8.59. The van der Waals surface area contributed by atoms with Crippen molar-refractivity contribution < 1.29 is 9.47 Å². The summed E-state index contributed by atoms with van der Waals surface area (Å²) in [5.41, 5.74) is 2.81. The van der Waals surface area contributed by atoms with Gasteiger partial charge >= 0.3 is 0 Å². The molecule has 0 fully saturated rings. The maximum Gasteiger partial charge on any atom is 0.158 e. The van der Waals surface area contributed by atoms with Gasteiger partial charge in [-0.05, 0) is 39.0 Å². The van der Waals surface area contributed by atoms with Crippen LogP contribution in [0, 0.1) is 0 Å². The van der Waals surface area contributed by atoms with E-state index in [0.29, 0.717) is 5.76 Å². The van der Waals surface area contributed by atoms with Crippen LogP contribution in [0.5, 0.6) is 0 Å². The van der Waals surface area contributed by atoms with E-state index in [1.807, 2.05) is 56.8 Å². The SMILES string of the molecule is COC(/C=C/OC(C)C)=C/C=C(\C)Nc1ncnc2ccn(C)c12. The molecular formula is C18H24N4O2. The summed E-state index contributed by atoms with van der Waals surface area (Å²) in [7, 11) is 3.60. The molecule has 1 N–H and O–H groups in total. The Bertz CT molecular complexity index is 772. The second-order valence-electron chi connectivity index (χ2n) is 5.62. The Morgan fingerprint density at radius 2 is 2.08 bits per heavy atom. The van der Waals surface area contributed by atoms with Crippen molar-refractivity contribution in [3.05, 3.63) is 54.5 Å². The number of methoxy groups -OCH3 is 1. The lowest BCUT2D eigenvalue weighted by atomic mass is 10.3. The van der Waals surface area contributed by atoms with Crippen LogP contribution in [0.2, 0.25) is 0 Å². The van der Waals surface area contributed by atoms with E-state index in [9.17, 15) is 0 Å². The Kier molecular flexibility index (Phi) is 6.01. The summed E-state index contributed by atoms with van der Waals surface area (Å²) in [6, 6.07) is 1.96. The van der Waals surface area contributed by atoms with Gasteiger partial charge in [0.1, 0.15) is 17.6 Å². The minimum absolute atomic E-state index is 0.142. The molecule has 0 aliphatic rings. The van der Waals surface area contributed by atoms with E-state index in [-0.39, 0.29) is 6.10 Å². The number of hydrogen-bond donors (Lipinski definition) is 1. The van der Waals surface area contributed by atoms with Crippen LogP contribution in [0.4, 0.5) is 5.82 Å². The van der Waals surface area contributed by atoms with Gasteiger partial charge in [0, 0.05) is 25.0 Å². The monoisotopic (exact) mass is 328 g/mol. The number of anilines is 1. The summed E-state index contributed by atoms with van der Waals surface area (Å²) >= 11 is 0. The molecule has 0 saturated carbocycles. The van der Waals surface area contributed by atoms with Gasteiger partial charge in [0.2, 0.25) is 0 Å². The highest BCUT2D eigenvalue weighted by Gasteiger charge is 2.06. The smallest absolute Gasteiger partial charge is 0.158 e. The minimum Gasteiger partial charge on any atom is -0.498 e. The molecule has 0 amide bonds. The van der Waals surface area contributed by atoms with E-state index in [2.05, 4.69) is 15.3 Å². The third-order valence-corrected chi connectivity index (χ3v) is 3.29. The van der Waals surface area contributed by atoms with Gasteiger partial charge < -0.3 is 19.4 Å².